The molecule has 0 aliphatic rings. The zero-order valence-corrected chi connectivity index (χ0v) is 10.2. The Balaban J connectivity index is 2.75. The third-order valence-corrected chi connectivity index (χ3v) is 2.12. The average molecular weight is 249 g/mol. The number of carbonyl (C=O) groups excluding carboxylic acids is 1. The first-order chi connectivity index (χ1) is 8.52. The number of benzene rings is 1. The number of carboxylic acid groups (broad SMARTS) is 1. The third kappa shape index (κ3) is 4.25. The summed E-state index contributed by atoms with van der Waals surface area (Å²) in [6, 6.07) is 6.96. The summed E-state index contributed by atoms with van der Waals surface area (Å²) in [6.07, 6.45) is 0. The monoisotopic (exact) mass is 249 g/mol. The second-order valence-corrected chi connectivity index (χ2v) is 3.58. The van der Waals surface area contributed by atoms with Gasteiger partial charge in [0.1, 0.15) is 12.4 Å². The molecule has 1 aromatic carbocycles. The standard InChI is InChI=1S/C12H15N3O3/c1-8(16)15-12(13-2)9-3-5-10(6-4-9)14-7-11(17)18/h3-6,14H,7H2,1-2H3,(H,17,18)(H,13,15,16). The molecule has 1 aromatic rings. The number of nitrogens with zero attached hydrogens (tertiary/aromatic N) is 1. The van der Waals surface area contributed by atoms with Crippen molar-refractivity contribution >= 4 is 23.4 Å². The molecule has 1 rings (SSSR count). The van der Waals surface area contributed by atoms with E-state index in [0.29, 0.717) is 11.5 Å². The maximum Gasteiger partial charge on any atom is 0.322 e. The molecule has 0 aliphatic carbocycles. The van der Waals surface area contributed by atoms with Gasteiger partial charge in [0.15, 0.2) is 0 Å². The third-order valence-electron chi connectivity index (χ3n) is 2.12. The lowest BCUT2D eigenvalue weighted by Crippen LogP contribution is -2.28. The predicted molar refractivity (Wildman–Crippen MR) is 68.8 cm³/mol. The van der Waals surface area contributed by atoms with Crippen LogP contribution in [-0.2, 0) is 9.59 Å². The molecule has 0 unspecified atom stereocenters. The van der Waals surface area contributed by atoms with Gasteiger partial charge in [-0.2, -0.15) is 0 Å². The van der Waals surface area contributed by atoms with Gasteiger partial charge < -0.3 is 15.7 Å². The minimum Gasteiger partial charge on any atom is -0.480 e. The molecule has 0 aliphatic heterocycles. The first kappa shape index (κ1) is 13.7. The zero-order valence-electron chi connectivity index (χ0n) is 10.2. The summed E-state index contributed by atoms with van der Waals surface area (Å²) in [5, 5.41) is 13.9. The van der Waals surface area contributed by atoms with Crippen LogP contribution in [0.15, 0.2) is 29.3 Å². The Labute approximate surface area is 105 Å². The van der Waals surface area contributed by atoms with Crippen molar-refractivity contribution in [2.24, 2.45) is 4.99 Å². The van der Waals surface area contributed by atoms with Crippen LogP contribution in [0, 0.1) is 0 Å². The highest BCUT2D eigenvalue weighted by molar-refractivity contribution is 6.07. The SMILES string of the molecule is C/N=C(\NC(C)=O)c1ccc(NCC(=O)O)cc1. The van der Waals surface area contributed by atoms with Crippen LogP contribution < -0.4 is 10.6 Å². The van der Waals surface area contributed by atoms with Crippen LogP contribution in [0.4, 0.5) is 5.69 Å². The lowest BCUT2D eigenvalue weighted by molar-refractivity contribution is -0.135. The van der Waals surface area contributed by atoms with E-state index in [9.17, 15) is 9.59 Å². The van der Waals surface area contributed by atoms with Gasteiger partial charge in [-0.3, -0.25) is 14.6 Å². The van der Waals surface area contributed by atoms with Crippen LogP contribution in [0.1, 0.15) is 12.5 Å². The molecule has 0 saturated heterocycles. The van der Waals surface area contributed by atoms with E-state index < -0.39 is 5.97 Å². The maximum atomic E-state index is 11.0. The van der Waals surface area contributed by atoms with Gasteiger partial charge in [-0.25, -0.2) is 0 Å². The molecule has 0 radical (unpaired) electrons. The Bertz CT molecular complexity index is 466. The summed E-state index contributed by atoms with van der Waals surface area (Å²) in [4.78, 5) is 25.3. The van der Waals surface area contributed by atoms with E-state index in [0.717, 1.165) is 5.56 Å². The number of carboxylic acids is 1. The second-order valence-electron chi connectivity index (χ2n) is 3.58. The lowest BCUT2D eigenvalue weighted by Gasteiger charge is -2.08. The number of aliphatic carboxylic acids is 1. The highest BCUT2D eigenvalue weighted by Gasteiger charge is 2.04. The van der Waals surface area contributed by atoms with Gasteiger partial charge in [-0.05, 0) is 24.3 Å². The molecular formula is C12H15N3O3. The summed E-state index contributed by atoms with van der Waals surface area (Å²) < 4.78 is 0. The van der Waals surface area contributed by atoms with Crippen molar-refractivity contribution in [3.63, 3.8) is 0 Å². The van der Waals surface area contributed by atoms with E-state index in [1.165, 1.54) is 6.92 Å². The predicted octanol–water partition coefficient (Wildman–Crippen LogP) is 0.696. The number of carbonyl (C=O) groups is 2. The molecule has 0 atom stereocenters. The Morgan fingerprint density at radius 2 is 1.89 bits per heavy atom. The largest absolute Gasteiger partial charge is 0.480 e. The molecular weight excluding hydrogens is 234 g/mol. The fraction of sp³-hybridized carbons (Fsp3) is 0.250. The number of anilines is 1. The molecule has 1 amide bonds. The Kier molecular flexibility index (Phi) is 4.86. The summed E-state index contributed by atoms with van der Waals surface area (Å²) in [7, 11) is 1.59. The van der Waals surface area contributed by atoms with Crippen LogP contribution in [-0.4, -0.2) is 36.4 Å². The van der Waals surface area contributed by atoms with Crippen LogP contribution in [0.25, 0.3) is 0 Å². The van der Waals surface area contributed by atoms with Gasteiger partial charge in [-0.1, -0.05) is 0 Å². The molecule has 3 N–H and O–H groups in total. The van der Waals surface area contributed by atoms with Crippen LogP contribution in [0.2, 0.25) is 0 Å². The van der Waals surface area contributed by atoms with Gasteiger partial charge in [0.2, 0.25) is 5.91 Å². The van der Waals surface area contributed by atoms with E-state index in [4.69, 9.17) is 5.11 Å². The first-order valence-corrected chi connectivity index (χ1v) is 5.33. The van der Waals surface area contributed by atoms with Crippen LogP contribution >= 0.6 is 0 Å². The molecule has 96 valence electrons. The van der Waals surface area contributed by atoms with Crippen molar-refractivity contribution in [2.75, 3.05) is 18.9 Å². The van der Waals surface area contributed by atoms with Crippen molar-refractivity contribution in [3.8, 4) is 0 Å². The van der Waals surface area contributed by atoms with Crippen molar-refractivity contribution in [2.45, 2.75) is 6.92 Å². The molecule has 6 nitrogen and oxygen atoms in total. The number of rotatable bonds is 4. The van der Waals surface area contributed by atoms with Crippen LogP contribution in [0.5, 0.6) is 0 Å². The normalized spacial score (nSPS) is 10.9. The summed E-state index contributed by atoms with van der Waals surface area (Å²) in [6.45, 7) is 1.27. The average Bonchev–Trinajstić information content (AvgIpc) is 2.34. The van der Waals surface area contributed by atoms with E-state index >= 15 is 0 Å². The Hall–Kier alpha value is -2.37. The van der Waals surface area contributed by atoms with Gasteiger partial charge in [0, 0.05) is 25.2 Å². The number of hydrogen-bond donors (Lipinski definition) is 3. The van der Waals surface area contributed by atoms with Gasteiger partial charge in [0.25, 0.3) is 0 Å². The van der Waals surface area contributed by atoms with Crippen molar-refractivity contribution in [3.05, 3.63) is 29.8 Å². The van der Waals surface area contributed by atoms with Crippen LogP contribution in [0.3, 0.4) is 0 Å². The minimum absolute atomic E-state index is 0.139. The van der Waals surface area contributed by atoms with E-state index in [1.54, 1.807) is 31.3 Å². The number of aliphatic imine (C=N–C) groups is 1. The highest BCUT2D eigenvalue weighted by Crippen LogP contribution is 2.09. The molecule has 0 aromatic heterocycles. The van der Waals surface area contributed by atoms with E-state index in [-0.39, 0.29) is 12.5 Å². The number of hydrogen-bond acceptors (Lipinski definition) is 4. The second kappa shape index (κ2) is 6.39. The Morgan fingerprint density at radius 1 is 1.28 bits per heavy atom. The molecule has 0 bridgehead atoms. The van der Waals surface area contributed by atoms with E-state index in [2.05, 4.69) is 15.6 Å². The van der Waals surface area contributed by atoms with Gasteiger partial charge in [0.05, 0.1) is 0 Å². The smallest absolute Gasteiger partial charge is 0.322 e. The van der Waals surface area contributed by atoms with Crippen molar-refractivity contribution in [1.29, 1.82) is 0 Å². The van der Waals surface area contributed by atoms with Gasteiger partial charge in [-0.15, -0.1) is 0 Å². The minimum atomic E-state index is -0.923. The molecule has 18 heavy (non-hydrogen) atoms. The number of amides is 1. The number of nitrogens with one attached hydrogen (secondary N) is 2. The van der Waals surface area contributed by atoms with Crippen molar-refractivity contribution < 1.29 is 14.7 Å². The highest BCUT2D eigenvalue weighted by atomic mass is 16.4. The lowest BCUT2D eigenvalue weighted by atomic mass is 10.2. The molecule has 0 spiro atoms. The quantitative estimate of drug-likeness (QED) is 0.541. The summed E-state index contributed by atoms with van der Waals surface area (Å²) in [5.74, 6) is -0.635. The zero-order chi connectivity index (χ0) is 13.5. The Morgan fingerprint density at radius 3 is 2.33 bits per heavy atom. The topological polar surface area (TPSA) is 90.8 Å². The number of amidine groups is 1. The fourth-order valence-corrected chi connectivity index (χ4v) is 1.35. The summed E-state index contributed by atoms with van der Waals surface area (Å²) >= 11 is 0. The summed E-state index contributed by atoms with van der Waals surface area (Å²) in [5.41, 5.74) is 1.45. The molecule has 6 heteroatoms. The van der Waals surface area contributed by atoms with E-state index in [1.807, 2.05) is 0 Å². The van der Waals surface area contributed by atoms with Gasteiger partial charge >= 0.3 is 5.97 Å². The maximum absolute atomic E-state index is 11.0. The molecule has 0 fully saturated rings. The molecule has 0 saturated carbocycles. The fourth-order valence-electron chi connectivity index (χ4n) is 1.35. The first-order valence-electron chi connectivity index (χ1n) is 5.33. The van der Waals surface area contributed by atoms with Crippen molar-refractivity contribution in [1.82, 2.24) is 5.32 Å². The molecule has 0 heterocycles.